The van der Waals surface area contributed by atoms with Crippen molar-refractivity contribution in [3.63, 3.8) is 0 Å². The Labute approximate surface area is 80.8 Å². The summed E-state index contributed by atoms with van der Waals surface area (Å²) in [6.07, 6.45) is 2.82. The van der Waals surface area contributed by atoms with Gasteiger partial charge in [-0.1, -0.05) is 0 Å². The Morgan fingerprint density at radius 2 is 2.54 bits per heavy atom. The molecule has 0 spiro atoms. The van der Waals surface area contributed by atoms with Crippen LogP contribution in [0.4, 0.5) is 0 Å². The molecular formula is C9H11NO2S. The molecule has 2 rings (SSSR count). The van der Waals surface area contributed by atoms with Gasteiger partial charge in [-0.3, -0.25) is 4.79 Å². The molecule has 3 nitrogen and oxygen atoms in total. The van der Waals surface area contributed by atoms with E-state index in [4.69, 9.17) is 0 Å². The van der Waals surface area contributed by atoms with Crippen LogP contribution in [-0.4, -0.2) is 18.1 Å². The van der Waals surface area contributed by atoms with Crippen LogP contribution >= 0.6 is 11.3 Å². The number of rotatable bonds is 3. The Balaban J connectivity index is 2.00. The molecule has 0 radical (unpaired) electrons. The lowest BCUT2D eigenvalue weighted by Gasteiger charge is -1.93. The lowest BCUT2D eigenvalue weighted by molar-refractivity contribution is -0.139. The van der Waals surface area contributed by atoms with Crippen LogP contribution in [-0.2, 0) is 16.0 Å². The van der Waals surface area contributed by atoms with Gasteiger partial charge in [-0.15, -0.1) is 11.3 Å². The maximum atomic E-state index is 10.9. The maximum absolute atomic E-state index is 10.9. The van der Waals surface area contributed by atoms with Gasteiger partial charge in [0.25, 0.3) is 0 Å². The number of aromatic nitrogens is 1. The van der Waals surface area contributed by atoms with Crippen LogP contribution in [0.1, 0.15) is 29.5 Å². The molecule has 0 bridgehead atoms. The number of hydrogen-bond donors (Lipinski definition) is 0. The number of hydrogen-bond acceptors (Lipinski definition) is 4. The minimum atomic E-state index is -0.211. The number of methoxy groups -OCH3 is 1. The van der Waals surface area contributed by atoms with Crippen molar-refractivity contribution >= 4 is 17.3 Å². The summed E-state index contributed by atoms with van der Waals surface area (Å²) in [5.74, 6) is 0.458. The summed E-state index contributed by atoms with van der Waals surface area (Å²) >= 11 is 1.55. The molecule has 13 heavy (non-hydrogen) atoms. The van der Waals surface area contributed by atoms with Crippen LogP contribution in [0.25, 0.3) is 0 Å². The van der Waals surface area contributed by atoms with Gasteiger partial charge in [0.05, 0.1) is 19.2 Å². The molecule has 1 aromatic heterocycles. The second-order valence-electron chi connectivity index (χ2n) is 3.19. The quantitative estimate of drug-likeness (QED) is 0.693. The van der Waals surface area contributed by atoms with Gasteiger partial charge < -0.3 is 4.74 Å². The van der Waals surface area contributed by atoms with Crippen molar-refractivity contribution in [3.05, 3.63) is 16.1 Å². The van der Waals surface area contributed by atoms with Gasteiger partial charge in [-0.25, -0.2) is 4.98 Å². The average molecular weight is 197 g/mol. The van der Waals surface area contributed by atoms with E-state index in [-0.39, 0.29) is 5.97 Å². The highest BCUT2D eigenvalue weighted by Crippen LogP contribution is 2.40. The molecule has 1 aromatic rings. The van der Waals surface area contributed by atoms with E-state index in [1.807, 2.05) is 0 Å². The third kappa shape index (κ3) is 2.06. The van der Waals surface area contributed by atoms with E-state index in [1.165, 1.54) is 20.0 Å². The van der Waals surface area contributed by atoms with Gasteiger partial charge in [-0.05, 0) is 12.8 Å². The zero-order valence-corrected chi connectivity index (χ0v) is 8.26. The lowest BCUT2D eigenvalue weighted by Crippen LogP contribution is -2.03. The molecule has 1 saturated carbocycles. The van der Waals surface area contributed by atoms with Crippen molar-refractivity contribution in [3.8, 4) is 0 Å². The molecule has 0 amide bonds. The minimum absolute atomic E-state index is 0.211. The number of carbonyl (C=O) groups is 1. The van der Waals surface area contributed by atoms with E-state index in [0.717, 1.165) is 10.7 Å². The number of nitrogens with zero attached hydrogens (tertiary/aromatic N) is 1. The molecule has 0 N–H and O–H groups in total. The van der Waals surface area contributed by atoms with E-state index < -0.39 is 0 Å². The van der Waals surface area contributed by atoms with E-state index in [9.17, 15) is 4.79 Å². The predicted octanol–water partition coefficient (Wildman–Crippen LogP) is 1.74. The van der Waals surface area contributed by atoms with Gasteiger partial charge in [-0.2, -0.15) is 0 Å². The summed E-state index contributed by atoms with van der Waals surface area (Å²) in [4.78, 5) is 15.3. The zero-order valence-electron chi connectivity index (χ0n) is 7.45. The molecule has 0 atom stereocenters. The summed E-state index contributed by atoms with van der Waals surface area (Å²) in [6.45, 7) is 0. The van der Waals surface area contributed by atoms with Gasteiger partial charge in [0.15, 0.2) is 0 Å². The topological polar surface area (TPSA) is 39.2 Å². The predicted molar refractivity (Wildman–Crippen MR) is 49.8 cm³/mol. The number of thiazole rings is 1. The molecular weight excluding hydrogens is 186 g/mol. The molecule has 0 saturated heterocycles. The first-order chi connectivity index (χ1) is 6.29. The molecule has 1 aliphatic carbocycles. The normalized spacial score (nSPS) is 15.8. The average Bonchev–Trinajstić information content (AvgIpc) is 2.88. The maximum Gasteiger partial charge on any atom is 0.312 e. The fourth-order valence-electron chi connectivity index (χ4n) is 1.17. The summed E-state index contributed by atoms with van der Waals surface area (Å²) in [7, 11) is 1.40. The SMILES string of the molecule is COC(=O)Cc1nc(C2CC2)cs1. The van der Waals surface area contributed by atoms with Gasteiger partial charge in [0.2, 0.25) is 0 Å². The fraction of sp³-hybridized carbons (Fsp3) is 0.556. The Kier molecular flexibility index (Phi) is 2.31. The zero-order chi connectivity index (χ0) is 9.26. The Morgan fingerprint density at radius 1 is 1.77 bits per heavy atom. The molecule has 1 heterocycles. The smallest absolute Gasteiger partial charge is 0.312 e. The van der Waals surface area contributed by atoms with Crippen molar-refractivity contribution in [2.75, 3.05) is 7.11 Å². The van der Waals surface area contributed by atoms with E-state index >= 15 is 0 Å². The van der Waals surface area contributed by atoms with Gasteiger partial charge in [0.1, 0.15) is 5.01 Å². The summed E-state index contributed by atoms with van der Waals surface area (Å²) in [5, 5.41) is 2.92. The van der Waals surface area contributed by atoms with Crippen molar-refractivity contribution in [2.45, 2.75) is 25.2 Å². The van der Waals surface area contributed by atoms with Gasteiger partial charge >= 0.3 is 5.97 Å². The molecule has 1 aliphatic rings. The number of esters is 1. The highest BCUT2D eigenvalue weighted by Gasteiger charge is 2.26. The Hall–Kier alpha value is -0.900. The van der Waals surface area contributed by atoms with Gasteiger partial charge in [0, 0.05) is 11.3 Å². The highest BCUT2D eigenvalue weighted by atomic mass is 32.1. The van der Waals surface area contributed by atoms with E-state index in [1.54, 1.807) is 11.3 Å². The third-order valence-electron chi connectivity index (χ3n) is 2.09. The summed E-state index contributed by atoms with van der Waals surface area (Å²) in [6, 6.07) is 0. The summed E-state index contributed by atoms with van der Waals surface area (Å²) in [5.41, 5.74) is 1.16. The Morgan fingerprint density at radius 3 is 3.15 bits per heavy atom. The first kappa shape index (κ1) is 8.69. The summed E-state index contributed by atoms with van der Waals surface area (Å²) < 4.78 is 4.57. The van der Waals surface area contributed by atoms with Crippen LogP contribution in [0.2, 0.25) is 0 Å². The molecule has 0 unspecified atom stereocenters. The van der Waals surface area contributed by atoms with Crippen LogP contribution in [0.5, 0.6) is 0 Å². The van der Waals surface area contributed by atoms with Crippen LogP contribution in [0.15, 0.2) is 5.38 Å². The Bertz CT molecular complexity index is 317. The van der Waals surface area contributed by atoms with Crippen LogP contribution in [0.3, 0.4) is 0 Å². The fourth-order valence-corrected chi connectivity index (χ4v) is 2.03. The number of carbonyl (C=O) groups excluding carboxylic acids is 1. The lowest BCUT2D eigenvalue weighted by atomic mass is 10.3. The number of ether oxygens (including phenoxy) is 1. The van der Waals surface area contributed by atoms with Crippen molar-refractivity contribution in [2.24, 2.45) is 0 Å². The molecule has 0 aromatic carbocycles. The minimum Gasteiger partial charge on any atom is -0.469 e. The largest absolute Gasteiger partial charge is 0.469 e. The van der Waals surface area contributed by atoms with Crippen LogP contribution < -0.4 is 0 Å². The molecule has 4 heteroatoms. The second kappa shape index (κ2) is 3.46. The first-order valence-corrected chi connectivity index (χ1v) is 5.18. The van der Waals surface area contributed by atoms with E-state index in [0.29, 0.717) is 12.3 Å². The molecule has 70 valence electrons. The second-order valence-corrected chi connectivity index (χ2v) is 4.14. The van der Waals surface area contributed by atoms with Crippen molar-refractivity contribution in [1.29, 1.82) is 0 Å². The van der Waals surface area contributed by atoms with Crippen molar-refractivity contribution < 1.29 is 9.53 Å². The van der Waals surface area contributed by atoms with E-state index in [2.05, 4.69) is 15.1 Å². The molecule has 0 aliphatic heterocycles. The highest BCUT2D eigenvalue weighted by molar-refractivity contribution is 7.09. The third-order valence-corrected chi connectivity index (χ3v) is 2.96. The monoisotopic (exact) mass is 197 g/mol. The van der Waals surface area contributed by atoms with Crippen LogP contribution in [0, 0.1) is 0 Å². The standard InChI is InChI=1S/C9H11NO2S/c1-12-9(11)4-8-10-7(5-13-8)6-2-3-6/h5-6H,2-4H2,1H3. The first-order valence-electron chi connectivity index (χ1n) is 4.30. The molecule has 1 fully saturated rings. The van der Waals surface area contributed by atoms with Crippen molar-refractivity contribution in [1.82, 2.24) is 4.98 Å².